The van der Waals surface area contributed by atoms with Gasteiger partial charge in [-0.05, 0) is 44.7 Å². The van der Waals surface area contributed by atoms with Crippen molar-refractivity contribution in [2.45, 2.75) is 31.3 Å². The Morgan fingerprint density at radius 1 is 1.17 bits per heavy atom. The van der Waals surface area contributed by atoms with Gasteiger partial charge in [0.2, 0.25) is 0 Å². The third kappa shape index (κ3) is 4.05. The summed E-state index contributed by atoms with van der Waals surface area (Å²) in [7, 11) is 1.69. The number of piperazine rings is 1. The molecule has 3 saturated heterocycles. The molecular formula is C17H31N3O3. The smallest absolute Gasteiger partial charge is 0.254 e. The first-order chi connectivity index (χ1) is 11.2. The lowest BCUT2D eigenvalue weighted by Gasteiger charge is -2.42. The largest absolute Gasteiger partial charge is 0.381 e. The van der Waals surface area contributed by atoms with Crippen LogP contribution in [0.25, 0.3) is 0 Å². The summed E-state index contributed by atoms with van der Waals surface area (Å²) in [4.78, 5) is 17.5. The molecule has 1 amide bonds. The summed E-state index contributed by atoms with van der Waals surface area (Å²) in [5, 5.41) is 3.31. The minimum Gasteiger partial charge on any atom is -0.381 e. The zero-order valence-electron chi connectivity index (χ0n) is 14.4. The third-order valence-electron chi connectivity index (χ3n) is 5.71. The highest BCUT2D eigenvalue weighted by Crippen LogP contribution is 2.26. The highest BCUT2D eigenvalue weighted by molar-refractivity contribution is 5.85. The van der Waals surface area contributed by atoms with Crippen LogP contribution in [0, 0.1) is 5.92 Å². The van der Waals surface area contributed by atoms with Crippen LogP contribution in [0.15, 0.2) is 0 Å². The first-order valence-electron chi connectivity index (χ1n) is 9.09. The molecular weight excluding hydrogens is 294 g/mol. The van der Waals surface area contributed by atoms with Crippen LogP contribution >= 0.6 is 0 Å². The van der Waals surface area contributed by atoms with Crippen molar-refractivity contribution >= 4 is 5.91 Å². The molecule has 0 aliphatic carbocycles. The molecule has 132 valence electrons. The van der Waals surface area contributed by atoms with Gasteiger partial charge in [-0.3, -0.25) is 9.69 Å². The topological polar surface area (TPSA) is 54.0 Å². The van der Waals surface area contributed by atoms with Crippen LogP contribution in [0.4, 0.5) is 0 Å². The van der Waals surface area contributed by atoms with Gasteiger partial charge in [0.15, 0.2) is 0 Å². The van der Waals surface area contributed by atoms with E-state index in [4.69, 9.17) is 9.47 Å². The van der Waals surface area contributed by atoms with Crippen molar-refractivity contribution in [1.29, 1.82) is 0 Å². The molecule has 3 fully saturated rings. The van der Waals surface area contributed by atoms with Crippen molar-refractivity contribution in [3.8, 4) is 0 Å². The summed E-state index contributed by atoms with van der Waals surface area (Å²) in [6.45, 7) is 8.35. The van der Waals surface area contributed by atoms with Crippen LogP contribution < -0.4 is 5.32 Å². The fraction of sp³-hybridized carbons (Fsp3) is 0.941. The summed E-state index contributed by atoms with van der Waals surface area (Å²) >= 11 is 0. The van der Waals surface area contributed by atoms with Crippen LogP contribution in [0.1, 0.15) is 25.7 Å². The third-order valence-corrected chi connectivity index (χ3v) is 5.71. The van der Waals surface area contributed by atoms with Crippen molar-refractivity contribution in [3.05, 3.63) is 0 Å². The Bertz CT molecular complexity index is 385. The molecule has 3 heterocycles. The van der Waals surface area contributed by atoms with Gasteiger partial charge in [-0.15, -0.1) is 0 Å². The minimum absolute atomic E-state index is 0.201. The van der Waals surface area contributed by atoms with Crippen molar-refractivity contribution in [2.24, 2.45) is 5.92 Å². The fourth-order valence-corrected chi connectivity index (χ4v) is 4.05. The van der Waals surface area contributed by atoms with Gasteiger partial charge in [-0.1, -0.05) is 0 Å². The molecule has 6 heteroatoms. The van der Waals surface area contributed by atoms with E-state index in [1.807, 2.05) is 4.90 Å². The Labute approximate surface area is 139 Å². The number of amides is 1. The van der Waals surface area contributed by atoms with Gasteiger partial charge in [0, 0.05) is 53.0 Å². The molecule has 0 atom stereocenters. The second kappa shape index (κ2) is 7.92. The van der Waals surface area contributed by atoms with Crippen molar-refractivity contribution < 1.29 is 14.3 Å². The number of nitrogens with zero attached hydrogens (tertiary/aromatic N) is 2. The van der Waals surface area contributed by atoms with Crippen LogP contribution in [-0.2, 0) is 14.3 Å². The number of rotatable bonds is 4. The molecule has 6 nitrogen and oxygen atoms in total. The summed E-state index contributed by atoms with van der Waals surface area (Å²) < 4.78 is 11.1. The Kier molecular flexibility index (Phi) is 5.91. The average Bonchev–Trinajstić information content (AvgIpc) is 2.63. The number of methoxy groups -OCH3 is 1. The van der Waals surface area contributed by atoms with Gasteiger partial charge in [0.25, 0.3) is 5.91 Å². The van der Waals surface area contributed by atoms with Crippen LogP contribution in [-0.4, -0.2) is 87.4 Å². The normalized spacial score (nSPS) is 27.1. The zero-order valence-corrected chi connectivity index (χ0v) is 14.4. The maximum absolute atomic E-state index is 12.9. The van der Waals surface area contributed by atoms with Gasteiger partial charge >= 0.3 is 0 Å². The first kappa shape index (κ1) is 17.1. The molecule has 0 aromatic rings. The van der Waals surface area contributed by atoms with Crippen molar-refractivity contribution in [1.82, 2.24) is 15.1 Å². The molecule has 3 aliphatic rings. The molecule has 0 saturated carbocycles. The number of carbonyl (C=O) groups excluding carboxylic acids is 1. The van der Waals surface area contributed by atoms with Gasteiger partial charge in [0.05, 0.1) is 0 Å². The molecule has 0 spiro atoms. The Balaban J connectivity index is 1.48. The number of hydrogen-bond acceptors (Lipinski definition) is 5. The summed E-state index contributed by atoms with van der Waals surface area (Å²) in [5.41, 5.74) is -0.589. The molecule has 0 aromatic heterocycles. The van der Waals surface area contributed by atoms with Gasteiger partial charge in [-0.2, -0.15) is 0 Å². The zero-order chi connectivity index (χ0) is 16.1. The highest BCUT2D eigenvalue weighted by Gasteiger charge is 2.43. The molecule has 0 bridgehead atoms. The maximum atomic E-state index is 12.9. The first-order valence-corrected chi connectivity index (χ1v) is 9.09. The lowest BCUT2D eigenvalue weighted by atomic mass is 9.90. The van der Waals surface area contributed by atoms with Crippen molar-refractivity contribution in [3.63, 3.8) is 0 Å². The molecule has 3 rings (SSSR count). The lowest BCUT2D eigenvalue weighted by Crippen LogP contribution is -2.59. The van der Waals surface area contributed by atoms with Crippen LogP contribution in [0.5, 0.6) is 0 Å². The summed E-state index contributed by atoms with van der Waals surface area (Å²) in [6.07, 6.45) is 3.92. The number of carbonyl (C=O) groups is 1. The maximum Gasteiger partial charge on any atom is 0.254 e. The van der Waals surface area contributed by atoms with E-state index < -0.39 is 5.60 Å². The van der Waals surface area contributed by atoms with E-state index in [1.165, 1.54) is 12.8 Å². The van der Waals surface area contributed by atoms with E-state index in [-0.39, 0.29) is 5.91 Å². The summed E-state index contributed by atoms with van der Waals surface area (Å²) in [5.74, 6) is 0.966. The number of hydrogen-bond donors (Lipinski definition) is 1. The molecule has 1 N–H and O–H groups in total. The number of piperidine rings is 1. The van der Waals surface area contributed by atoms with E-state index >= 15 is 0 Å². The minimum atomic E-state index is -0.589. The molecule has 3 aliphatic heterocycles. The monoisotopic (exact) mass is 325 g/mol. The van der Waals surface area contributed by atoms with Crippen LogP contribution in [0.3, 0.4) is 0 Å². The van der Waals surface area contributed by atoms with Gasteiger partial charge < -0.3 is 19.7 Å². The van der Waals surface area contributed by atoms with E-state index in [2.05, 4.69) is 10.2 Å². The molecule has 0 aromatic carbocycles. The van der Waals surface area contributed by atoms with E-state index in [1.54, 1.807) is 7.11 Å². The summed E-state index contributed by atoms with van der Waals surface area (Å²) in [6, 6.07) is 0. The second-order valence-electron chi connectivity index (χ2n) is 7.10. The second-order valence-corrected chi connectivity index (χ2v) is 7.10. The predicted octanol–water partition coefficient (Wildman–Crippen LogP) is 0.326. The number of nitrogens with one attached hydrogen (secondary N) is 1. The average molecular weight is 325 g/mol. The highest BCUT2D eigenvalue weighted by atomic mass is 16.5. The van der Waals surface area contributed by atoms with E-state index in [9.17, 15) is 4.79 Å². The SMILES string of the molecule is COC1(C(=O)N2CCN(CC3CCOCC3)CC2)CCNCC1. The Hall–Kier alpha value is -0.690. The van der Waals surface area contributed by atoms with Gasteiger partial charge in [0.1, 0.15) is 5.60 Å². The van der Waals surface area contributed by atoms with E-state index in [0.717, 1.165) is 77.8 Å². The van der Waals surface area contributed by atoms with Gasteiger partial charge in [-0.25, -0.2) is 0 Å². The molecule has 0 unspecified atom stereocenters. The Morgan fingerprint density at radius 3 is 2.43 bits per heavy atom. The fourth-order valence-electron chi connectivity index (χ4n) is 4.05. The van der Waals surface area contributed by atoms with Crippen molar-refractivity contribution in [2.75, 3.05) is 66.1 Å². The standard InChI is InChI=1S/C17H31N3O3/c1-22-17(4-6-18-7-5-17)16(21)20-10-8-19(9-11-20)14-15-2-12-23-13-3-15/h15,18H,2-14H2,1H3. The van der Waals surface area contributed by atoms with Crippen LogP contribution in [0.2, 0.25) is 0 Å². The molecule has 0 radical (unpaired) electrons. The lowest BCUT2D eigenvalue weighted by molar-refractivity contribution is -0.160. The predicted molar refractivity (Wildman–Crippen MR) is 88.4 cm³/mol. The molecule has 23 heavy (non-hydrogen) atoms. The quantitative estimate of drug-likeness (QED) is 0.807. The number of ether oxygens (including phenoxy) is 2. The van der Waals surface area contributed by atoms with E-state index in [0.29, 0.717) is 0 Å². The Morgan fingerprint density at radius 2 is 1.83 bits per heavy atom.